The van der Waals surface area contributed by atoms with Crippen LogP contribution in [0.4, 0.5) is 0 Å². The number of hydrogen-bond acceptors (Lipinski definition) is 2. The fourth-order valence-corrected chi connectivity index (χ4v) is 9.22. The van der Waals surface area contributed by atoms with Gasteiger partial charge in [0.2, 0.25) is 0 Å². The van der Waals surface area contributed by atoms with E-state index in [1.54, 1.807) is 0 Å². The first-order valence-electron chi connectivity index (χ1n) is 21.1. The Morgan fingerprint density at radius 2 is 0.677 bits per heavy atom. The number of rotatable bonds is 7. The molecule has 3 heterocycles. The second-order valence-electron chi connectivity index (χ2n) is 15.8. The molecule has 0 aliphatic rings. The third-order valence-electron chi connectivity index (χ3n) is 12.1. The van der Waals surface area contributed by atoms with Gasteiger partial charge < -0.3 is 9.13 Å². The summed E-state index contributed by atoms with van der Waals surface area (Å²) in [5, 5.41) is 4.90. The molecule has 0 spiro atoms. The Kier molecular flexibility index (Phi) is 8.46. The van der Waals surface area contributed by atoms with Crippen LogP contribution in [-0.4, -0.2) is 19.1 Å². The summed E-state index contributed by atoms with van der Waals surface area (Å²) in [6.45, 7) is 0. The van der Waals surface area contributed by atoms with Gasteiger partial charge in [0.15, 0.2) is 5.82 Å². The van der Waals surface area contributed by atoms with Crippen LogP contribution in [0.3, 0.4) is 0 Å². The van der Waals surface area contributed by atoms with Crippen LogP contribution >= 0.6 is 0 Å². The van der Waals surface area contributed by atoms with Gasteiger partial charge in [-0.1, -0.05) is 176 Å². The molecular weight excluding hydrogens is 753 g/mol. The summed E-state index contributed by atoms with van der Waals surface area (Å²) < 4.78 is 4.87. The second kappa shape index (κ2) is 14.7. The van der Waals surface area contributed by atoms with Gasteiger partial charge in [0.25, 0.3) is 0 Å². The van der Waals surface area contributed by atoms with Gasteiger partial charge in [-0.25, -0.2) is 9.97 Å². The Balaban J connectivity index is 1.04. The van der Waals surface area contributed by atoms with E-state index in [1.807, 2.05) is 6.07 Å². The third-order valence-corrected chi connectivity index (χ3v) is 12.1. The molecule has 12 aromatic rings. The highest BCUT2D eigenvalue weighted by molar-refractivity contribution is 6.23. The highest BCUT2D eigenvalue weighted by Gasteiger charge is 2.21. The van der Waals surface area contributed by atoms with Gasteiger partial charge in [-0.3, -0.25) is 0 Å². The Bertz CT molecular complexity index is 3500. The van der Waals surface area contributed by atoms with Crippen LogP contribution in [0.5, 0.6) is 0 Å². The SMILES string of the molecule is c1ccc(-c2cccc(-c3cc(-c4ccc(-n5c6ccccc6c6ccc7c8ccccc8n(-c8ccccc8)c7c65)cc4)nc(-c4cccc(-c5ccccc5)c4)n3)c2)cc1. The fourth-order valence-electron chi connectivity index (χ4n) is 9.22. The summed E-state index contributed by atoms with van der Waals surface area (Å²) in [7, 11) is 0. The molecule has 0 amide bonds. The van der Waals surface area contributed by atoms with Crippen molar-refractivity contribution in [3.05, 3.63) is 231 Å². The monoisotopic (exact) mass is 790 g/mol. The first-order valence-corrected chi connectivity index (χ1v) is 21.1. The fraction of sp³-hybridized carbons (Fsp3) is 0. The molecule has 0 aliphatic heterocycles. The second-order valence-corrected chi connectivity index (χ2v) is 15.8. The average molecular weight is 791 g/mol. The molecule has 0 aliphatic carbocycles. The number of fused-ring (bicyclic) bond motifs is 7. The van der Waals surface area contributed by atoms with Crippen LogP contribution in [-0.2, 0) is 0 Å². The molecule has 0 saturated carbocycles. The predicted octanol–water partition coefficient (Wildman–Crippen LogP) is 15.0. The van der Waals surface area contributed by atoms with Gasteiger partial charge in [-0.05, 0) is 76.9 Å². The van der Waals surface area contributed by atoms with Gasteiger partial charge in [-0.15, -0.1) is 0 Å². The molecule has 0 unspecified atom stereocenters. The van der Waals surface area contributed by atoms with E-state index in [-0.39, 0.29) is 0 Å². The average Bonchev–Trinajstić information content (AvgIpc) is 3.88. The molecule has 4 heteroatoms. The first-order chi connectivity index (χ1) is 30.7. The number of nitrogens with zero attached hydrogens (tertiary/aromatic N) is 4. The lowest BCUT2D eigenvalue weighted by molar-refractivity contribution is 1.15. The van der Waals surface area contributed by atoms with Crippen molar-refractivity contribution in [2.24, 2.45) is 0 Å². The highest BCUT2D eigenvalue weighted by Crippen LogP contribution is 2.42. The standard InChI is InChI=1S/C58H38N4/c1-4-16-39(17-5-1)42-20-14-22-44(36-42)53-38-52(59-58(60-53)45-23-15-21-43(37-45)40-18-6-2-7-19-40)41-30-32-47(33-31-41)62-55-29-13-11-27-49(55)51-35-34-50-48-26-10-12-28-54(48)61(56(50)57(51)62)46-24-8-3-9-25-46/h1-38H. The quantitative estimate of drug-likeness (QED) is 0.161. The molecule has 3 aromatic heterocycles. The van der Waals surface area contributed by atoms with Crippen LogP contribution in [0.25, 0.3) is 111 Å². The number of hydrogen-bond donors (Lipinski definition) is 0. The molecule has 0 saturated heterocycles. The Labute approximate surface area is 359 Å². The lowest BCUT2D eigenvalue weighted by Gasteiger charge is -2.14. The molecule has 12 rings (SSSR count). The van der Waals surface area contributed by atoms with E-state index in [9.17, 15) is 0 Å². The minimum atomic E-state index is 0.683. The molecule has 0 N–H and O–H groups in total. The van der Waals surface area contributed by atoms with Crippen LogP contribution < -0.4 is 0 Å². The maximum atomic E-state index is 5.30. The summed E-state index contributed by atoms with van der Waals surface area (Å²) in [5.41, 5.74) is 16.3. The molecule has 4 nitrogen and oxygen atoms in total. The molecule has 0 atom stereocenters. The topological polar surface area (TPSA) is 35.6 Å². The molecule has 0 bridgehead atoms. The van der Waals surface area contributed by atoms with Crippen LogP contribution in [0, 0.1) is 0 Å². The number of para-hydroxylation sites is 3. The molecule has 0 radical (unpaired) electrons. The van der Waals surface area contributed by atoms with Crippen LogP contribution in [0.15, 0.2) is 231 Å². The minimum Gasteiger partial charge on any atom is -0.307 e. The Hall–Kier alpha value is -8.34. The van der Waals surface area contributed by atoms with E-state index >= 15 is 0 Å². The smallest absolute Gasteiger partial charge is 0.160 e. The Morgan fingerprint density at radius 3 is 1.24 bits per heavy atom. The van der Waals surface area contributed by atoms with E-state index in [4.69, 9.17) is 9.97 Å². The van der Waals surface area contributed by atoms with Gasteiger partial charge in [0.1, 0.15) is 0 Å². The summed E-state index contributed by atoms with van der Waals surface area (Å²) in [4.78, 5) is 10.6. The minimum absolute atomic E-state index is 0.683. The largest absolute Gasteiger partial charge is 0.307 e. The molecule has 9 aromatic carbocycles. The van der Waals surface area contributed by atoms with Crippen molar-refractivity contribution in [3.63, 3.8) is 0 Å². The van der Waals surface area contributed by atoms with Crippen molar-refractivity contribution >= 4 is 43.6 Å². The number of benzene rings is 9. The molecule has 290 valence electrons. The lowest BCUT2D eigenvalue weighted by Crippen LogP contribution is -1.99. The van der Waals surface area contributed by atoms with Crippen LogP contribution in [0.1, 0.15) is 0 Å². The van der Waals surface area contributed by atoms with E-state index in [2.05, 4.69) is 234 Å². The zero-order valence-electron chi connectivity index (χ0n) is 33.7. The van der Waals surface area contributed by atoms with E-state index in [0.717, 1.165) is 61.7 Å². The predicted molar refractivity (Wildman–Crippen MR) is 258 cm³/mol. The number of aromatic nitrogens is 4. The van der Waals surface area contributed by atoms with E-state index in [0.29, 0.717) is 5.82 Å². The van der Waals surface area contributed by atoms with E-state index in [1.165, 1.54) is 43.7 Å². The van der Waals surface area contributed by atoms with Crippen molar-refractivity contribution in [1.82, 2.24) is 19.1 Å². The summed E-state index contributed by atoms with van der Waals surface area (Å²) in [6, 6.07) is 82.0. The first kappa shape index (κ1) is 35.6. The van der Waals surface area contributed by atoms with Gasteiger partial charge >= 0.3 is 0 Å². The van der Waals surface area contributed by atoms with Gasteiger partial charge in [0, 0.05) is 49.6 Å². The highest BCUT2D eigenvalue weighted by atomic mass is 15.0. The van der Waals surface area contributed by atoms with Gasteiger partial charge in [-0.2, -0.15) is 0 Å². The van der Waals surface area contributed by atoms with Crippen molar-refractivity contribution in [2.75, 3.05) is 0 Å². The van der Waals surface area contributed by atoms with Gasteiger partial charge in [0.05, 0.1) is 33.5 Å². The zero-order valence-corrected chi connectivity index (χ0v) is 33.7. The molecular formula is C58H38N4. The van der Waals surface area contributed by atoms with Crippen molar-refractivity contribution < 1.29 is 0 Å². The molecule has 0 fully saturated rings. The molecule has 62 heavy (non-hydrogen) atoms. The lowest BCUT2D eigenvalue weighted by atomic mass is 10.00. The maximum absolute atomic E-state index is 5.30. The van der Waals surface area contributed by atoms with Crippen molar-refractivity contribution in [2.45, 2.75) is 0 Å². The van der Waals surface area contributed by atoms with Crippen molar-refractivity contribution in [3.8, 4) is 67.5 Å². The van der Waals surface area contributed by atoms with E-state index < -0.39 is 0 Å². The summed E-state index contributed by atoms with van der Waals surface area (Å²) in [5.74, 6) is 0.683. The van der Waals surface area contributed by atoms with Crippen LogP contribution in [0.2, 0.25) is 0 Å². The Morgan fingerprint density at radius 1 is 0.258 bits per heavy atom. The van der Waals surface area contributed by atoms with Crippen molar-refractivity contribution in [1.29, 1.82) is 0 Å². The third kappa shape index (κ3) is 6.00. The summed E-state index contributed by atoms with van der Waals surface area (Å²) >= 11 is 0. The zero-order chi connectivity index (χ0) is 41.0. The maximum Gasteiger partial charge on any atom is 0.160 e. The summed E-state index contributed by atoms with van der Waals surface area (Å²) in [6.07, 6.45) is 0. The normalized spacial score (nSPS) is 11.5.